The van der Waals surface area contributed by atoms with Crippen molar-refractivity contribution in [3.8, 4) is 0 Å². The molecule has 1 aliphatic carbocycles. The SMILES string of the molecule is CC(ON(C)O)[C@@H]1C[C@H]1c1c(Cl)cc(Cl)cc1Cl. The summed E-state index contributed by atoms with van der Waals surface area (Å²) >= 11 is 18.2. The highest BCUT2D eigenvalue weighted by atomic mass is 35.5. The molecule has 18 heavy (non-hydrogen) atoms. The minimum absolute atomic E-state index is 0.0900. The highest BCUT2D eigenvalue weighted by Gasteiger charge is 2.45. The zero-order valence-electron chi connectivity index (χ0n) is 10.0. The van der Waals surface area contributed by atoms with E-state index in [4.69, 9.17) is 44.8 Å². The molecule has 0 bridgehead atoms. The first-order valence-electron chi connectivity index (χ1n) is 5.64. The van der Waals surface area contributed by atoms with Gasteiger partial charge in [-0.1, -0.05) is 40.0 Å². The predicted molar refractivity (Wildman–Crippen MR) is 72.4 cm³/mol. The van der Waals surface area contributed by atoms with Gasteiger partial charge in [0.1, 0.15) is 0 Å². The van der Waals surface area contributed by atoms with Crippen LogP contribution in [0.5, 0.6) is 0 Å². The maximum absolute atomic E-state index is 9.04. The molecule has 0 aliphatic heterocycles. The van der Waals surface area contributed by atoms with Gasteiger partial charge in [-0.3, -0.25) is 10.0 Å². The largest absolute Gasteiger partial charge is 0.290 e. The van der Waals surface area contributed by atoms with Gasteiger partial charge in [0.15, 0.2) is 0 Å². The van der Waals surface area contributed by atoms with Crippen molar-refractivity contribution in [2.24, 2.45) is 5.92 Å². The van der Waals surface area contributed by atoms with Gasteiger partial charge in [0, 0.05) is 22.1 Å². The topological polar surface area (TPSA) is 32.7 Å². The molecule has 1 aliphatic rings. The van der Waals surface area contributed by atoms with Crippen LogP contribution in [0.4, 0.5) is 0 Å². The lowest BCUT2D eigenvalue weighted by atomic mass is 10.1. The van der Waals surface area contributed by atoms with Gasteiger partial charge in [0.05, 0.1) is 6.10 Å². The fourth-order valence-electron chi connectivity index (χ4n) is 2.29. The first kappa shape index (κ1) is 14.4. The van der Waals surface area contributed by atoms with Crippen LogP contribution in [-0.4, -0.2) is 23.6 Å². The van der Waals surface area contributed by atoms with Crippen molar-refractivity contribution in [3.63, 3.8) is 0 Å². The van der Waals surface area contributed by atoms with Crippen LogP contribution >= 0.6 is 34.8 Å². The lowest BCUT2D eigenvalue weighted by Crippen LogP contribution is -2.23. The molecule has 100 valence electrons. The van der Waals surface area contributed by atoms with E-state index < -0.39 is 0 Å². The van der Waals surface area contributed by atoms with Crippen molar-refractivity contribution in [1.29, 1.82) is 0 Å². The fourth-order valence-corrected chi connectivity index (χ4v) is 3.39. The summed E-state index contributed by atoms with van der Waals surface area (Å²) in [5, 5.41) is 11.5. The summed E-state index contributed by atoms with van der Waals surface area (Å²) in [4.78, 5) is 5.21. The average Bonchev–Trinajstić information content (AvgIpc) is 2.94. The Kier molecular flexibility index (Phi) is 4.42. The Bertz CT molecular complexity index is 430. The first-order chi connectivity index (χ1) is 8.40. The van der Waals surface area contributed by atoms with Gasteiger partial charge in [0.2, 0.25) is 0 Å². The van der Waals surface area contributed by atoms with Crippen LogP contribution < -0.4 is 0 Å². The third kappa shape index (κ3) is 3.10. The Morgan fingerprint density at radius 3 is 2.39 bits per heavy atom. The molecule has 0 saturated heterocycles. The second-order valence-electron chi connectivity index (χ2n) is 4.56. The Morgan fingerprint density at radius 1 is 1.33 bits per heavy atom. The minimum atomic E-state index is -0.0900. The van der Waals surface area contributed by atoms with E-state index in [0.29, 0.717) is 21.0 Å². The summed E-state index contributed by atoms with van der Waals surface area (Å²) in [6, 6.07) is 3.40. The Morgan fingerprint density at radius 2 is 1.89 bits per heavy atom. The summed E-state index contributed by atoms with van der Waals surface area (Å²) in [7, 11) is 1.44. The van der Waals surface area contributed by atoms with E-state index in [1.54, 1.807) is 12.1 Å². The first-order valence-corrected chi connectivity index (χ1v) is 6.77. The smallest absolute Gasteiger partial charge is 0.0825 e. The summed E-state index contributed by atoms with van der Waals surface area (Å²) in [6.07, 6.45) is 0.851. The van der Waals surface area contributed by atoms with E-state index in [9.17, 15) is 0 Å². The number of halogens is 3. The summed E-state index contributed by atoms with van der Waals surface area (Å²) in [6.45, 7) is 1.91. The Labute approximate surface area is 121 Å². The Balaban J connectivity index is 2.12. The molecular weight excluding hydrogens is 296 g/mol. The van der Waals surface area contributed by atoms with Crippen molar-refractivity contribution in [1.82, 2.24) is 5.23 Å². The van der Waals surface area contributed by atoms with Crippen LogP contribution in [0, 0.1) is 5.92 Å². The molecule has 0 spiro atoms. The zero-order chi connectivity index (χ0) is 13.4. The fraction of sp³-hybridized carbons (Fsp3) is 0.500. The van der Waals surface area contributed by atoms with Crippen molar-refractivity contribution in [3.05, 3.63) is 32.8 Å². The van der Waals surface area contributed by atoms with Crippen LogP contribution in [-0.2, 0) is 4.84 Å². The minimum Gasteiger partial charge on any atom is -0.290 e. The predicted octanol–water partition coefficient (Wildman–Crippen LogP) is 4.39. The van der Waals surface area contributed by atoms with Crippen LogP contribution in [0.1, 0.15) is 24.8 Å². The summed E-state index contributed by atoms with van der Waals surface area (Å²) in [5.41, 5.74) is 0.920. The molecule has 3 nitrogen and oxygen atoms in total. The highest BCUT2D eigenvalue weighted by molar-refractivity contribution is 6.39. The third-order valence-corrected chi connectivity index (χ3v) is 4.02. The number of hydrogen-bond donors (Lipinski definition) is 1. The summed E-state index contributed by atoms with van der Waals surface area (Å²) < 4.78 is 0. The molecule has 1 N–H and O–H groups in total. The monoisotopic (exact) mass is 309 g/mol. The van der Waals surface area contributed by atoms with Crippen molar-refractivity contribution in [2.75, 3.05) is 7.05 Å². The number of hydrogen-bond acceptors (Lipinski definition) is 3. The van der Waals surface area contributed by atoms with Gasteiger partial charge in [0.25, 0.3) is 0 Å². The molecule has 6 heteroatoms. The number of hydroxylamine groups is 2. The molecule has 3 atom stereocenters. The van der Waals surface area contributed by atoms with Crippen molar-refractivity contribution >= 4 is 34.8 Å². The molecule has 2 rings (SSSR count). The standard InChI is InChI=1S/C12H14Cl3NO2/c1-6(18-16(2)17)8-5-9(8)12-10(14)3-7(13)4-11(12)15/h3-4,6,8-9,17H,5H2,1-2H3/t6?,8-,9+/m0/s1. The maximum Gasteiger partial charge on any atom is 0.0825 e. The molecule has 0 aromatic heterocycles. The molecule has 1 aromatic rings. The van der Waals surface area contributed by atoms with E-state index in [1.807, 2.05) is 6.92 Å². The maximum atomic E-state index is 9.04. The van der Waals surface area contributed by atoms with E-state index in [0.717, 1.165) is 17.2 Å². The van der Waals surface area contributed by atoms with E-state index in [-0.39, 0.29) is 12.0 Å². The van der Waals surface area contributed by atoms with Gasteiger partial charge < -0.3 is 0 Å². The van der Waals surface area contributed by atoms with Gasteiger partial charge in [-0.2, -0.15) is 0 Å². The zero-order valence-corrected chi connectivity index (χ0v) is 12.3. The van der Waals surface area contributed by atoms with Gasteiger partial charge in [-0.25, -0.2) is 0 Å². The molecule has 1 saturated carbocycles. The lowest BCUT2D eigenvalue weighted by molar-refractivity contribution is -0.345. The van der Waals surface area contributed by atoms with Crippen LogP contribution in [0.25, 0.3) is 0 Å². The quantitative estimate of drug-likeness (QED) is 0.837. The van der Waals surface area contributed by atoms with Crippen molar-refractivity contribution in [2.45, 2.75) is 25.4 Å². The molecular formula is C12H14Cl3NO2. The van der Waals surface area contributed by atoms with Gasteiger partial charge >= 0.3 is 0 Å². The molecule has 0 heterocycles. The summed E-state index contributed by atoms with van der Waals surface area (Å²) in [5.74, 6) is 0.563. The lowest BCUT2D eigenvalue weighted by Gasteiger charge is -2.16. The third-order valence-electron chi connectivity index (χ3n) is 3.18. The Hall–Kier alpha value is -0.0300. The molecule has 1 unspecified atom stereocenters. The van der Waals surface area contributed by atoms with Gasteiger partial charge in [-0.05, 0) is 42.9 Å². The van der Waals surface area contributed by atoms with Crippen LogP contribution in [0.2, 0.25) is 15.1 Å². The second-order valence-corrected chi connectivity index (χ2v) is 5.81. The average molecular weight is 311 g/mol. The van der Waals surface area contributed by atoms with E-state index in [1.165, 1.54) is 7.05 Å². The molecule has 1 aromatic carbocycles. The number of nitrogens with zero attached hydrogens (tertiary/aromatic N) is 1. The molecule has 1 fully saturated rings. The molecule has 0 radical (unpaired) electrons. The normalized spacial score (nSPS) is 24.4. The van der Waals surface area contributed by atoms with Crippen molar-refractivity contribution < 1.29 is 10.0 Å². The highest BCUT2D eigenvalue weighted by Crippen LogP contribution is 2.54. The second kappa shape index (κ2) is 5.53. The molecule has 0 amide bonds. The van der Waals surface area contributed by atoms with E-state index >= 15 is 0 Å². The number of benzene rings is 1. The van der Waals surface area contributed by atoms with E-state index in [2.05, 4.69) is 0 Å². The van der Waals surface area contributed by atoms with Crippen LogP contribution in [0.3, 0.4) is 0 Å². The van der Waals surface area contributed by atoms with Gasteiger partial charge in [-0.15, -0.1) is 0 Å². The van der Waals surface area contributed by atoms with Crippen LogP contribution in [0.15, 0.2) is 12.1 Å². The number of rotatable bonds is 4.